The average molecular weight is 322 g/mol. The van der Waals surface area contributed by atoms with Gasteiger partial charge in [0.25, 0.3) is 0 Å². The molecule has 3 rings (SSSR count). The highest BCUT2D eigenvalue weighted by atomic mass is 16.5. The number of para-hydroxylation sites is 1. The van der Waals surface area contributed by atoms with Gasteiger partial charge in [0, 0.05) is 5.56 Å². The first-order valence-corrected chi connectivity index (χ1v) is 7.15. The Morgan fingerprint density at radius 2 is 1.83 bits per heavy atom. The molecule has 0 aliphatic carbocycles. The Kier molecular flexibility index (Phi) is 4.62. The number of rotatable bonds is 6. The first kappa shape index (κ1) is 15.4. The Hall–Kier alpha value is -3.48. The quantitative estimate of drug-likeness (QED) is 0.704. The monoisotopic (exact) mass is 322 g/mol. The highest BCUT2D eigenvalue weighted by molar-refractivity contribution is 5.87. The zero-order chi connectivity index (χ0) is 16.8. The summed E-state index contributed by atoms with van der Waals surface area (Å²) in [5, 5.41) is 20.5. The van der Waals surface area contributed by atoms with Gasteiger partial charge < -0.3 is 9.84 Å². The highest BCUT2D eigenvalue weighted by Crippen LogP contribution is 2.18. The minimum absolute atomic E-state index is 0.250. The molecule has 0 bridgehead atoms. The van der Waals surface area contributed by atoms with E-state index < -0.39 is 5.97 Å². The number of benzene rings is 2. The zero-order valence-corrected chi connectivity index (χ0v) is 12.6. The van der Waals surface area contributed by atoms with Crippen LogP contribution in [-0.4, -0.2) is 32.2 Å². The van der Waals surface area contributed by atoms with E-state index in [4.69, 9.17) is 9.84 Å². The van der Waals surface area contributed by atoms with Crippen molar-refractivity contribution in [3.63, 3.8) is 0 Å². The average Bonchev–Trinajstić information content (AvgIpc) is 3.12. The third-order valence-corrected chi connectivity index (χ3v) is 3.25. The smallest absolute Gasteiger partial charge is 0.335 e. The van der Waals surface area contributed by atoms with Crippen molar-refractivity contribution in [3.8, 4) is 5.75 Å². The summed E-state index contributed by atoms with van der Waals surface area (Å²) in [7, 11) is 0. The fourth-order valence-corrected chi connectivity index (χ4v) is 2.01. The normalized spacial score (nSPS) is 10.8. The van der Waals surface area contributed by atoms with Crippen LogP contribution in [0.5, 0.6) is 5.75 Å². The van der Waals surface area contributed by atoms with Gasteiger partial charge in [0.05, 0.1) is 11.8 Å². The van der Waals surface area contributed by atoms with Gasteiger partial charge in [0.2, 0.25) is 0 Å². The molecule has 3 aromatic rings. The molecule has 0 saturated carbocycles. The van der Waals surface area contributed by atoms with E-state index in [0.717, 1.165) is 11.1 Å². The molecule has 1 heterocycles. The Morgan fingerprint density at radius 1 is 1.12 bits per heavy atom. The van der Waals surface area contributed by atoms with Crippen molar-refractivity contribution in [1.82, 2.24) is 14.9 Å². The second-order valence-corrected chi connectivity index (χ2v) is 4.92. The Bertz CT molecular complexity index is 843. The molecule has 0 atom stereocenters. The van der Waals surface area contributed by atoms with E-state index in [1.807, 2.05) is 24.3 Å². The lowest BCUT2D eigenvalue weighted by Gasteiger charge is -2.09. The number of carbonyl (C=O) groups is 1. The molecule has 2 aromatic carbocycles. The van der Waals surface area contributed by atoms with Crippen molar-refractivity contribution in [1.29, 1.82) is 0 Å². The zero-order valence-electron chi connectivity index (χ0n) is 12.6. The molecule has 1 N–H and O–H groups in total. The van der Waals surface area contributed by atoms with Crippen LogP contribution >= 0.6 is 0 Å². The minimum atomic E-state index is -0.946. The van der Waals surface area contributed by atoms with E-state index in [1.165, 1.54) is 17.3 Å². The molecule has 7 nitrogen and oxygen atoms in total. The molecule has 120 valence electrons. The molecule has 7 heteroatoms. The maximum atomic E-state index is 10.8. The van der Waals surface area contributed by atoms with Crippen LogP contribution in [0.2, 0.25) is 0 Å². The molecule has 0 fully saturated rings. The standard InChI is InChI=1S/C17H14N4O3/c22-17(23)14-7-5-13(6-8-14)10-24-16-4-2-1-3-15(16)9-20-21-11-18-19-12-21/h1-9,11-12H,10H2,(H,22,23). The van der Waals surface area contributed by atoms with Gasteiger partial charge in [-0.15, -0.1) is 10.2 Å². The molecule has 0 amide bonds. The van der Waals surface area contributed by atoms with Crippen LogP contribution in [0, 0.1) is 0 Å². The molecule has 0 spiro atoms. The number of aromatic carboxylic acids is 1. The summed E-state index contributed by atoms with van der Waals surface area (Å²) < 4.78 is 7.30. The number of carboxylic acids is 1. The van der Waals surface area contributed by atoms with Crippen molar-refractivity contribution < 1.29 is 14.6 Å². The first-order chi connectivity index (χ1) is 11.7. The molecule has 0 radical (unpaired) electrons. The summed E-state index contributed by atoms with van der Waals surface area (Å²) in [6.45, 7) is 0.331. The molecule has 0 aliphatic heterocycles. The van der Waals surface area contributed by atoms with Crippen LogP contribution in [0.15, 0.2) is 66.3 Å². The Balaban J connectivity index is 1.70. The van der Waals surface area contributed by atoms with E-state index >= 15 is 0 Å². The maximum absolute atomic E-state index is 10.8. The molecular weight excluding hydrogens is 308 g/mol. The summed E-state index contributed by atoms with van der Waals surface area (Å²) in [4.78, 5) is 10.8. The SMILES string of the molecule is O=C(O)c1ccc(COc2ccccc2C=Nn2cnnc2)cc1. The van der Waals surface area contributed by atoms with E-state index in [1.54, 1.807) is 30.5 Å². The second-order valence-electron chi connectivity index (χ2n) is 4.92. The van der Waals surface area contributed by atoms with Gasteiger partial charge in [-0.2, -0.15) is 5.10 Å². The molecule has 0 unspecified atom stereocenters. The van der Waals surface area contributed by atoms with E-state index in [2.05, 4.69) is 15.3 Å². The Labute approximate surface area is 137 Å². The van der Waals surface area contributed by atoms with Crippen LogP contribution in [0.1, 0.15) is 21.5 Å². The van der Waals surface area contributed by atoms with Gasteiger partial charge in [-0.1, -0.05) is 24.3 Å². The number of aromatic nitrogens is 3. The summed E-state index contributed by atoms with van der Waals surface area (Å²) in [5.74, 6) is -0.269. The summed E-state index contributed by atoms with van der Waals surface area (Å²) in [6.07, 6.45) is 4.64. The van der Waals surface area contributed by atoms with Crippen molar-refractivity contribution in [2.75, 3.05) is 0 Å². The highest BCUT2D eigenvalue weighted by Gasteiger charge is 2.04. The fraction of sp³-hybridized carbons (Fsp3) is 0.0588. The van der Waals surface area contributed by atoms with Crippen LogP contribution in [0.25, 0.3) is 0 Å². The number of ether oxygens (including phenoxy) is 1. The van der Waals surface area contributed by atoms with Gasteiger partial charge in [-0.05, 0) is 29.8 Å². The topological polar surface area (TPSA) is 89.6 Å². The van der Waals surface area contributed by atoms with Crippen molar-refractivity contribution in [2.45, 2.75) is 6.61 Å². The van der Waals surface area contributed by atoms with Crippen molar-refractivity contribution in [2.24, 2.45) is 5.10 Å². The second kappa shape index (κ2) is 7.19. The van der Waals surface area contributed by atoms with Gasteiger partial charge >= 0.3 is 5.97 Å². The van der Waals surface area contributed by atoms with Crippen molar-refractivity contribution in [3.05, 3.63) is 77.9 Å². The number of carboxylic acid groups (broad SMARTS) is 1. The predicted molar refractivity (Wildman–Crippen MR) is 87.2 cm³/mol. The summed E-state index contributed by atoms with van der Waals surface area (Å²) in [6, 6.07) is 14.1. The third kappa shape index (κ3) is 3.83. The predicted octanol–water partition coefficient (Wildman–Crippen LogP) is 2.44. The van der Waals surface area contributed by atoms with Crippen LogP contribution in [-0.2, 0) is 6.61 Å². The molecule has 1 aromatic heterocycles. The number of hydrogen-bond donors (Lipinski definition) is 1. The third-order valence-electron chi connectivity index (χ3n) is 3.25. The molecule has 0 saturated heterocycles. The lowest BCUT2D eigenvalue weighted by Crippen LogP contribution is -2.00. The van der Waals surface area contributed by atoms with Gasteiger partial charge in [0.15, 0.2) is 0 Å². The van der Waals surface area contributed by atoms with Crippen molar-refractivity contribution >= 4 is 12.2 Å². The number of nitrogens with zero attached hydrogens (tertiary/aromatic N) is 4. The van der Waals surface area contributed by atoms with E-state index in [0.29, 0.717) is 12.4 Å². The van der Waals surface area contributed by atoms with Crippen LogP contribution < -0.4 is 4.74 Å². The lowest BCUT2D eigenvalue weighted by atomic mass is 10.1. The lowest BCUT2D eigenvalue weighted by molar-refractivity contribution is 0.0697. The molecule has 24 heavy (non-hydrogen) atoms. The summed E-state index contributed by atoms with van der Waals surface area (Å²) in [5.41, 5.74) is 1.94. The molecular formula is C17H14N4O3. The fourth-order valence-electron chi connectivity index (χ4n) is 2.01. The van der Waals surface area contributed by atoms with Gasteiger partial charge in [0.1, 0.15) is 25.0 Å². The number of hydrogen-bond acceptors (Lipinski definition) is 5. The first-order valence-electron chi connectivity index (χ1n) is 7.15. The van der Waals surface area contributed by atoms with Gasteiger partial charge in [-0.3, -0.25) is 0 Å². The van der Waals surface area contributed by atoms with Crippen LogP contribution in [0.3, 0.4) is 0 Å². The Morgan fingerprint density at radius 3 is 2.54 bits per heavy atom. The van der Waals surface area contributed by atoms with Gasteiger partial charge in [-0.25, -0.2) is 9.47 Å². The van der Waals surface area contributed by atoms with E-state index in [9.17, 15) is 4.79 Å². The largest absolute Gasteiger partial charge is 0.488 e. The maximum Gasteiger partial charge on any atom is 0.335 e. The molecule has 0 aliphatic rings. The van der Waals surface area contributed by atoms with E-state index in [-0.39, 0.29) is 5.56 Å². The van der Waals surface area contributed by atoms with Crippen LogP contribution in [0.4, 0.5) is 0 Å². The minimum Gasteiger partial charge on any atom is -0.488 e. The summed E-state index contributed by atoms with van der Waals surface area (Å²) >= 11 is 0.